The van der Waals surface area contributed by atoms with Crippen LogP contribution < -0.4 is 9.47 Å². The van der Waals surface area contributed by atoms with Crippen molar-refractivity contribution in [1.82, 2.24) is 4.90 Å². The molecule has 6 heteroatoms. The van der Waals surface area contributed by atoms with Gasteiger partial charge in [-0.15, -0.1) is 11.6 Å². The van der Waals surface area contributed by atoms with Crippen molar-refractivity contribution in [3.63, 3.8) is 0 Å². The van der Waals surface area contributed by atoms with Gasteiger partial charge in [0.1, 0.15) is 12.7 Å². The number of alkyl halides is 1. The van der Waals surface area contributed by atoms with Gasteiger partial charge >= 0.3 is 5.97 Å². The van der Waals surface area contributed by atoms with Crippen LogP contribution in [0, 0.1) is 5.92 Å². The van der Waals surface area contributed by atoms with Crippen molar-refractivity contribution in [2.75, 3.05) is 33.4 Å². The van der Waals surface area contributed by atoms with Crippen LogP contribution in [-0.2, 0) is 9.53 Å². The van der Waals surface area contributed by atoms with E-state index >= 15 is 0 Å². The topological polar surface area (TPSA) is 48.0 Å². The van der Waals surface area contributed by atoms with Crippen LogP contribution in [0.25, 0.3) is 0 Å². The SMILES string of the molecule is COC(=O)[C@@H]1CN(CCC2COc3ccccc3O2)CC[C@H]1Cl. The molecule has 1 saturated heterocycles. The lowest BCUT2D eigenvalue weighted by Gasteiger charge is -2.35. The summed E-state index contributed by atoms with van der Waals surface area (Å²) in [7, 11) is 1.41. The first-order chi connectivity index (χ1) is 11.2. The highest BCUT2D eigenvalue weighted by molar-refractivity contribution is 6.22. The minimum Gasteiger partial charge on any atom is -0.486 e. The Morgan fingerprint density at radius 3 is 2.96 bits per heavy atom. The lowest BCUT2D eigenvalue weighted by molar-refractivity contribution is -0.147. The molecule has 2 aliphatic rings. The molecule has 0 spiro atoms. The van der Waals surface area contributed by atoms with E-state index in [0.29, 0.717) is 13.2 Å². The van der Waals surface area contributed by atoms with Crippen molar-refractivity contribution >= 4 is 17.6 Å². The zero-order chi connectivity index (χ0) is 16.2. The molecule has 2 heterocycles. The van der Waals surface area contributed by atoms with Gasteiger partial charge in [0.05, 0.1) is 13.0 Å². The van der Waals surface area contributed by atoms with Gasteiger partial charge in [-0.25, -0.2) is 0 Å². The molecule has 0 radical (unpaired) electrons. The first-order valence-electron chi connectivity index (χ1n) is 8.00. The number of carbonyl (C=O) groups is 1. The van der Waals surface area contributed by atoms with Crippen molar-refractivity contribution in [2.24, 2.45) is 5.92 Å². The molecule has 0 bridgehead atoms. The number of ether oxygens (including phenoxy) is 3. The zero-order valence-corrected chi connectivity index (χ0v) is 14.0. The smallest absolute Gasteiger partial charge is 0.311 e. The lowest BCUT2D eigenvalue weighted by Crippen LogP contribution is -2.46. The fraction of sp³-hybridized carbons (Fsp3) is 0.588. The van der Waals surface area contributed by atoms with Crippen LogP contribution in [0.4, 0.5) is 0 Å². The molecule has 5 nitrogen and oxygen atoms in total. The van der Waals surface area contributed by atoms with Crippen LogP contribution in [-0.4, -0.2) is 55.7 Å². The highest BCUT2D eigenvalue weighted by atomic mass is 35.5. The fourth-order valence-electron chi connectivity index (χ4n) is 3.10. The van der Waals surface area contributed by atoms with Crippen LogP contribution in [0.1, 0.15) is 12.8 Å². The van der Waals surface area contributed by atoms with E-state index in [1.165, 1.54) is 7.11 Å². The summed E-state index contributed by atoms with van der Waals surface area (Å²) in [5, 5.41) is -0.139. The first-order valence-corrected chi connectivity index (χ1v) is 8.43. The molecule has 3 rings (SSSR count). The number of nitrogens with zero attached hydrogens (tertiary/aromatic N) is 1. The second kappa shape index (κ2) is 7.41. The molecule has 0 N–H and O–H groups in total. The Morgan fingerprint density at radius 1 is 1.39 bits per heavy atom. The molecule has 0 aromatic heterocycles. The van der Waals surface area contributed by atoms with Crippen LogP contribution in [0.5, 0.6) is 11.5 Å². The standard InChI is InChI=1S/C17H22ClNO4/c1-21-17(20)13-10-19(9-7-14(13)18)8-6-12-11-22-15-4-2-3-5-16(15)23-12/h2-5,12-14H,6-11H2,1H3/t12?,13-,14-/m1/s1. The number of rotatable bonds is 4. The van der Waals surface area contributed by atoms with E-state index in [9.17, 15) is 4.79 Å². The number of esters is 1. The van der Waals surface area contributed by atoms with E-state index in [1.807, 2.05) is 24.3 Å². The minimum atomic E-state index is -0.250. The number of hydrogen-bond donors (Lipinski definition) is 0. The van der Waals surface area contributed by atoms with Crippen LogP contribution in [0.3, 0.4) is 0 Å². The van der Waals surface area contributed by atoms with Crippen molar-refractivity contribution < 1.29 is 19.0 Å². The third-order valence-corrected chi connectivity index (χ3v) is 4.97. The quantitative estimate of drug-likeness (QED) is 0.622. The number of likely N-dealkylation sites (tertiary alicyclic amines) is 1. The van der Waals surface area contributed by atoms with Crippen molar-refractivity contribution in [1.29, 1.82) is 0 Å². The van der Waals surface area contributed by atoms with Crippen molar-refractivity contribution in [2.45, 2.75) is 24.3 Å². The molecule has 0 amide bonds. The molecule has 23 heavy (non-hydrogen) atoms. The number of benzene rings is 1. The minimum absolute atomic E-state index is 0.0372. The Labute approximate surface area is 141 Å². The second-order valence-corrected chi connectivity index (χ2v) is 6.58. The fourth-order valence-corrected chi connectivity index (χ4v) is 3.38. The van der Waals surface area contributed by atoms with E-state index in [2.05, 4.69) is 4.90 Å². The van der Waals surface area contributed by atoms with E-state index < -0.39 is 0 Å². The number of methoxy groups -OCH3 is 1. The summed E-state index contributed by atoms with van der Waals surface area (Å²) in [6, 6.07) is 7.72. The molecule has 1 aromatic carbocycles. The maximum absolute atomic E-state index is 11.8. The largest absolute Gasteiger partial charge is 0.486 e. The summed E-state index contributed by atoms with van der Waals surface area (Å²) < 4.78 is 16.5. The summed E-state index contributed by atoms with van der Waals surface area (Å²) in [5.74, 6) is 1.13. The number of hydrogen-bond acceptors (Lipinski definition) is 5. The summed E-state index contributed by atoms with van der Waals surface area (Å²) in [6.07, 6.45) is 1.69. The van der Waals surface area contributed by atoms with Gasteiger partial charge in [0.2, 0.25) is 0 Å². The van der Waals surface area contributed by atoms with Gasteiger partial charge in [0.15, 0.2) is 11.5 Å². The Morgan fingerprint density at radius 2 is 2.17 bits per heavy atom. The second-order valence-electron chi connectivity index (χ2n) is 6.02. The van der Waals surface area contributed by atoms with Gasteiger partial charge in [-0.05, 0) is 25.1 Å². The third kappa shape index (κ3) is 3.90. The summed E-state index contributed by atoms with van der Waals surface area (Å²) in [4.78, 5) is 14.0. The summed E-state index contributed by atoms with van der Waals surface area (Å²) in [6.45, 7) is 2.95. The molecule has 1 fully saturated rings. The predicted molar refractivity (Wildman–Crippen MR) is 87.2 cm³/mol. The molecule has 2 aliphatic heterocycles. The number of piperidine rings is 1. The van der Waals surface area contributed by atoms with Gasteiger partial charge in [-0.3, -0.25) is 4.79 Å². The van der Waals surface area contributed by atoms with Crippen molar-refractivity contribution in [3.05, 3.63) is 24.3 Å². The number of carbonyl (C=O) groups excluding carboxylic acids is 1. The average Bonchev–Trinajstić information content (AvgIpc) is 2.60. The van der Waals surface area contributed by atoms with Gasteiger partial charge in [-0.1, -0.05) is 12.1 Å². The maximum Gasteiger partial charge on any atom is 0.311 e. The predicted octanol–water partition coefficient (Wildman–Crippen LogP) is 2.32. The Bertz CT molecular complexity index is 553. The summed E-state index contributed by atoms with van der Waals surface area (Å²) >= 11 is 6.25. The average molecular weight is 340 g/mol. The third-order valence-electron chi connectivity index (χ3n) is 4.45. The van der Waals surface area contributed by atoms with E-state index in [-0.39, 0.29) is 23.4 Å². The Kier molecular flexibility index (Phi) is 5.28. The number of para-hydroxylation sites is 2. The lowest BCUT2D eigenvalue weighted by atomic mass is 9.97. The molecule has 3 atom stereocenters. The molecule has 0 aliphatic carbocycles. The van der Waals surface area contributed by atoms with Crippen LogP contribution >= 0.6 is 11.6 Å². The summed E-state index contributed by atoms with van der Waals surface area (Å²) in [5.41, 5.74) is 0. The van der Waals surface area contributed by atoms with E-state index in [4.69, 9.17) is 25.8 Å². The molecule has 0 saturated carbocycles. The highest BCUT2D eigenvalue weighted by Crippen LogP contribution is 2.32. The molecular weight excluding hydrogens is 318 g/mol. The monoisotopic (exact) mass is 339 g/mol. The van der Waals surface area contributed by atoms with Gasteiger partial charge < -0.3 is 19.1 Å². The van der Waals surface area contributed by atoms with E-state index in [0.717, 1.165) is 37.4 Å². The van der Waals surface area contributed by atoms with Gasteiger partial charge in [0.25, 0.3) is 0 Å². The molecule has 126 valence electrons. The molecule has 1 unspecified atom stereocenters. The van der Waals surface area contributed by atoms with Gasteiger partial charge in [-0.2, -0.15) is 0 Å². The maximum atomic E-state index is 11.8. The Balaban J connectivity index is 1.50. The van der Waals surface area contributed by atoms with Crippen molar-refractivity contribution in [3.8, 4) is 11.5 Å². The molecular formula is C17H22ClNO4. The van der Waals surface area contributed by atoms with Crippen LogP contribution in [0.15, 0.2) is 24.3 Å². The molecule has 1 aromatic rings. The van der Waals surface area contributed by atoms with Crippen LogP contribution in [0.2, 0.25) is 0 Å². The highest BCUT2D eigenvalue weighted by Gasteiger charge is 2.34. The number of fused-ring (bicyclic) bond motifs is 1. The zero-order valence-electron chi connectivity index (χ0n) is 13.2. The normalized spacial score (nSPS) is 27.5. The van der Waals surface area contributed by atoms with Gasteiger partial charge in [0, 0.05) is 24.9 Å². The number of halogens is 1. The first kappa shape index (κ1) is 16.4. The van der Waals surface area contributed by atoms with E-state index in [1.54, 1.807) is 0 Å². The Hall–Kier alpha value is -1.46.